The Morgan fingerprint density at radius 3 is 1.20 bits per heavy atom. The fourth-order valence-corrected chi connectivity index (χ4v) is 7.63. The summed E-state index contributed by atoms with van der Waals surface area (Å²) in [4.78, 5) is 61.6. The van der Waals surface area contributed by atoms with Crippen LogP contribution >= 0.6 is 0 Å². The largest absolute Gasteiger partial charge is 0.353 e. The summed E-state index contributed by atoms with van der Waals surface area (Å²) in [6, 6.07) is 20.6. The standard InChI is InChI=1S/C42H56N10O4/c1-29(27-31-21-15-13-16-22-31)43-39-45-35-33(37(53)49(5)41(55)47(35)3)51(39)25-19-11-9-7-8-10-12-20-26-52-34-36(48(4)42(56)50(6)38(34)54)46-40(52)44-30(2)28-32-23-17-14-18-24-32/h13-18,21-24,29-30H,7-12,19-20,25-28H2,1-6H3,(H,43,45)(H,44,46). The molecule has 14 heteroatoms. The molecule has 4 heterocycles. The Kier molecular flexibility index (Phi) is 12.8. The van der Waals surface area contributed by atoms with E-state index in [0.717, 1.165) is 73.3 Å². The van der Waals surface area contributed by atoms with Crippen LogP contribution in [-0.4, -0.2) is 49.5 Å². The number of rotatable bonds is 19. The average Bonchev–Trinajstić information content (AvgIpc) is 3.73. The van der Waals surface area contributed by atoms with Gasteiger partial charge in [-0.1, -0.05) is 99.2 Å². The fraction of sp³-hybridized carbons (Fsp3) is 0.476. The molecule has 2 unspecified atom stereocenters. The van der Waals surface area contributed by atoms with Gasteiger partial charge in [-0.25, -0.2) is 9.59 Å². The van der Waals surface area contributed by atoms with E-state index in [-0.39, 0.29) is 23.2 Å². The number of nitrogens with zero attached hydrogens (tertiary/aromatic N) is 8. The smallest absolute Gasteiger partial charge is 0.332 e. The van der Waals surface area contributed by atoms with Crippen LogP contribution in [0.3, 0.4) is 0 Å². The third-order valence-electron chi connectivity index (χ3n) is 10.7. The summed E-state index contributed by atoms with van der Waals surface area (Å²) in [6.07, 6.45) is 9.69. The Hall–Kier alpha value is -5.66. The molecule has 0 saturated carbocycles. The molecule has 0 spiro atoms. The molecule has 298 valence electrons. The van der Waals surface area contributed by atoms with Crippen molar-refractivity contribution < 1.29 is 0 Å². The summed E-state index contributed by atoms with van der Waals surface area (Å²) in [5, 5.41) is 7.04. The lowest BCUT2D eigenvalue weighted by Crippen LogP contribution is -2.37. The van der Waals surface area contributed by atoms with Crippen molar-refractivity contribution in [3.05, 3.63) is 113 Å². The zero-order valence-corrected chi connectivity index (χ0v) is 33.6. The van der Waals surface area contributed by atoms with E-state index in [9.17, 15) is 19.2 Å². The Morgan fingerprint density at radius 1 is 0.500 bits per heavy atom. The number of imidazole rings is 2. The molecule has 14 nitrogen and oxygen atoms in total. The van der Waals surface area contributed by atoms with Gasteiger partial charge in [-0.05, 0) is 50.7 Å². The predicted octanol–water partition coefficient (Wildman–Crippen LogP) is 5.09. The number of unbranched alkanes of at least 4 members (excludes halogenated alkanes) is 7. The predicted molar refractivity (Wildman–Crippen MR) is 224 cm³/mol. The molecule has 0 radical (unpaired) electrons. The molecule has 2 atom stereocenters. The minimum Gasteiger partial charge on any atom is -0.353 e. The molecule has 0 amide bonds. The number of benzene rings is 2. The minimum atomic E-state index is -0.392. The maximum atomic E-state index is 13.3. The van der Waals surface area contributed by atoms with Crippen LogP contribution in [-0.2, 0) is 54.1 Å². The highest BCUT2D eigenvalue weighted by atomic mass is 16.2. The molecule has 0 saturated heterocycles. The first-order chi connectivity index (χ1) is 27.0. The van der Waals surface area contributed by atoms with E-state index in [1.54, 1.807) is 14.1 Å². The lowest BCUT2D eigenvalue weighted by atomic mass is 10.1. The third kappa shape index (κ3) is 8.74. The number of fused-ring (bicyclic) bond motifs is 2. The van der Waals surface area contributed by atoms with Gasteiger partial charge < -0.3 is 19.8 Å². The van der Waals surface area contributed by atoms with Crippen molar-refractivity contribution in [2.75, 3.05) is 10.6 Å². The second-order valence-electron chi connectivity index (χ2n) is 15.2. The van der Waals surface area contributed by atoms with Gasteiger partial charge in [-0.3, -0.25) is 27.9 Å². The van der Waals surface area contributed by atoms with Gasteiger partial charge in [0.15, 0.2) is 22.3 Å². The molecule has 0 bridgehead atoms. The van der Waals surface area contributed by atoms with Gasteiger partial charge in [-0.15, -0.1) is 0 Å². The second kappa shape index (κ2) is 17.9. The lowest BCUT2D eigenvalue weighted by Gasteiger charge is -2.16. The van der Waals surface area contributed by atoms with E-state index >= 15 is 0 Å². The molecule has 2 N–H and O–H groups in total. The first kappa shape index (κ1) is 40.0. The quantitative estimate of drug-likeness (QED) is 0.109. The van der Waals surface area contributed by atoms with Crippen molar-refractivity contribution in [2.45, 2.75) is 103 Å². The van der Waals surface area contributed by atoms with Crippen LogP contribution in [0.15, 0.2) is 79.8 Å². The van der Waals surface area contributed by atoms with Gasteiger partial charge in [0.05, 0.1) is 0 Å². The molecule has 0 aliphatic rings. The summed E-state index contributed by atoms with van der Waals surface area (Å²) >= 11 is 0. The maximum Gasteiger partial charge on any atom is 0.332 e. The number of aryl methyl sites for hydroxylation is 4. The van der Waals surface area contributed by atoms with E-state index < -0.39 is 11.4 Å². The summed E-state index contributed by atoms with van der Waals surface area (Å²) < 4.78 is 9.10. The molecule has 0 aliphatic heterocycles. The molecule has 4 aromatic heterocycles. The fourth-order valence-electron chi connectivity index (χ4n) is 7.63. The molecular weight excluding hydrogens is 709 g/mol. The van der Waals surface area contributed by atoms with Crippen LogP contribution < -0.4 is 33.1 Å². The topological polar surface area (TPSA) is 148 Å². The normalized spacial score (nSPS) is 12.8. The van der Waals surface area contributed by atoms with E-state index in [1.807, 2.05) is 45.5 Å². The maximum absolute atomic E-state index is 13.3. The number of hydrogen-bond acceptors (Lipinski definition) is 8. The molecular formula is C42H56N10O4. The molecule has 6 rings (SSSR count). The van der Waals surface area contributed by atoms with Crippen LogP contribution in [0.5, 0.6) is 0 Å². The van der Waals surface area contributed by atoms with Crippen molar-refractivity contribution in [2.24, 2.45) is 28.2 Å². The van der Waals surface area contributed by atoms with Crippen molar-refractivity contribution in [1.29, 1.82) is 0 Å². The lowest BCUT2D eigenvalue weighted by molar-refractivity contribution is 0.530. The molecule has 6 aromatic rings. The SMILES string of the molecule is CC(Cc1ccccc1)Nc1nc2c(c(=O)n(C)c(=O)n2C)n1CCCCCCCCCCn1c(NC(C)Cc2ccccc2)nc2c1c(=O)n(C)c(=O)n2C. The van der Waals surface area contributed by atoms with Crippen LogP contribution in [0.2, 0.25) is 0 Å². The monoisotopic (exact) mass is 764 g/mol. The zero-order valence-electron chi connectivity index (χ0n) is 33.6. The summed E-state index contributed by atoms with van der Waals surface area (Å²) in [5.41, 5.74) is 2.63. The van der Waals surface area contributed by atoms with Crippen LogP contribution in [0.25, 0.3) is 22.3 Å². The summed E-state index contributed by atoms with van der Waals surface area (Å²) in [5.74, 6) is 1.22. The Bertz CT molecular complexity index is 2330. The zero-order chi connectivity index (χ0) is 39.9. The van der Waals surface area contributed by atoms with Crippen LogP contribution in [0.1, 0.15) is 76.3 Å². The van der Waals surface area contributed by atoms with Crippen molar-refractivity contribution >= 4 is 34.2 Å². The first-order valence-corrected chi connectivity index (χ1v) is 19.9. The number of aromatic nitrogens is 8. The second-order valence-corrected chi connectivity index (χ2v) is 15.2. The summed E-state index contributed by atoms with van der Waals surface area (Å²) in [6.45, 7) is 5.43. The van der Waals surface area contributed by atoms with Gasteiger partial charge in [0.1, 0.15) is 0 Å². The van der Waals surface area contributed by atoms with E-state index in [4.69, 9.17) is 9.97 Å². The first-order valence-electron chi connectivity index (χ1n) is 19.9. The number of nitrogens with one attached hydrogen (secondary N) is 2. The average molecular weight is 765 g/mol. The third-order valence-corrected chi connectivity index (χ3v) is 10.7. The Morgan fingerprint density at radius 2 is 0.839 bits per heavy atom. The Balaban J connectivity index is 1.03. The number of hydrogen-bond donors (Lipinski definition) is 2. The molecule has 0 fully saturated rings. The van der Waals surface area contributed by atoms with E-state index in [0.29, 0.717) is 47.3 Å². The molecule has 56 heavy (non-hydrogen) atoms. The minimum absolute atomic E-state index is 0.0615. The van der Waals surface area contributed by atoms with Crippen molar-refractivity contribution in [1.82, 2.24) is 37.4 Å². The Labute approximate surface area is 326 Å². The van der Waals surface area contributed by atoms with Gasteiger partial charge in [-0.2, -0.15) is 9.97 Å². The van der Waals surface area contributed by atoms with Crippen LogP contribution in [0.4, 0.5) is 11.9 Å². The molecule has 2 aromatic carbocycles. The van der Waals surface area contributed by atoms with Gasteiger partial charge in [0.2, 0.25) is 11.9 Å². The highest BCUT2D eigenvalue weighted by Crippen LogP contribution is 2.21. The molecule has 0 aliphatic carbocycles. The highest BCUT2D eigenvalue weighted by molar-refractivity contribution is 5.75. The summed E-state index contributed by atoms with van der Waals surface area (Å²) in [7, 11) is 6.34. The van der Waals surface area contributed by atoms with Crippen LogP contribution in [0, 0.1) is 0 Å². The number of anilines is 2. The van der Waals surface area contributed by atoms with Crippen molar-refractivity contribution in [3.63, 3.8) is 0 Å². The van der Waals surface area contributed by atoms with Gasteiger partial charge in [0, 0.05) is 53.4 Å². The van der Waals surface area contributed by atoms with Gasteiger partial charge in [0.25, 0.3) is 11.1 Å². The van der Waals surface area contributed by atoms with E-state index in [2.05, 4.69) is 48.7 Å². The van der Waals surface area contributed by atoms with Gasteiger partial charge >= 0.3 is 11.4 Å². The van der Waals surface area contributed by atoms with E-state index in [1.165, 1.54) is 34.4 Å². The highest BCUT2D eigenvalue weighted by Gasteiger charge is 2.22. The van der Waals surface area contributed by atoms with Crippen molar-refractivity contribution in [3.8, 4) is 0 Å².